The number of hydrogen-bond acceptors (Lipinski definition) is 5. The fourth-order valence-corrected chi connectivity index (χ4v) is 4.11. The normalized spacial score (nSPS) is 15.5. The van der Waals surface area contributed by atoms with E-state index in [1.807, 2.05) is 66.8 Å². The zero-order valence-corrected chi connectivity index (χ0v) is 17.4. The summed E-state index contributed by atoms with van der Waals surface area (Å²) < 4.78 is 12.6. The highest BCUT2D eigenvalue weighted by atomic mass is 16.5. The second-order valence-corrected chi connectivity index (χ2v) is 7.69. The van der Waals surface area contributed by atoms with E-state index in [2.05, 4.69) is 16.3 Å². The summed E-state index contributed by atoms with van der Waals surface area (Å²) in [6.07, 6.45) is 3.85. The Morgan fingerprint density at radius 2 is 2.00 bits per heavy atom. The summed E-state index contributed by atoms with van der Waals surface area (Å²) in [6.45, 7) is 1.02. The molecule has 1 unspecified atom stereocenters. The average Bonchev–Trinajstić information content (AvgIpc) is 3.47. The maximum atomic E-state index is 13.3. The highest BCUT2D eigenvalue weighted by Crippen LogP contribution is 2.36. The van der Waals surface area contributed by atoms with Crippen molar-refractivity contribution >= 4 is 5.91 Å². The summed E-state index contributed by atoms with van der Waals surface area (Å²) >= 11 is 0. The topological polar surface area (TPSA) is 73.4 Å². The average molecular weight is 414 g/mol. The van der Waals surface area contributed by atoms with Crippen molar-refractivity contribution in [3.8, 4) is 17.1 Å². The SMILES string of the molecule is COc1ccc2c(c1)CN(C(=O)c1cc(-c3ccccc3)on1)CC2c1cnn(C)c1. The number of carbonyl (C=O) groups is 1. The van der Waals surface area contributed by atoms with Crippen LogP contribution in [0.5, 0.6) is 5.75 Å². The van der Waals surface area contributed by atoms with Gasteiger partial charge in [-0.1, -0.05) is 41.6 Å². The van der Waals surface area contributed by atoms with Crippen molar-refractivity contribution in [1.82, 2.24) is 19.8 Å². The number of fused-ring (bicyclic) bond motifs is 1. The molecule has 0 N–H and O–H groups in total. The molecule has 0 radical (unpaired) electrons. The van der Waals surface area contributed by atoms with Crippen molar-refractivity contribution < 1.29 is 14.1 Å². The molecule has 0 bridgehead atoms. The Hall–Kier alpha value is -3.87. The van der Waals surface area contributed by atoms with E-state index in [4.69, 9.17) is 9.26 Å². The van der Waals surface area contributed by atoms with Gasteiger partial charge >= 0.3 is 0 Å². The van der Waals surface area contributed by atoms with Crippen molar-refractivity contribution in [3.63, 3.8) is 0 Å². The molecular weight excluding hydrogens is 392 g/mol. The molecule has 1 atom stereocenters. The van der Waals surface area contributed by atoms with E-state index in [9.17, 15) is 4.79 Å². The summed E-state index contributed by atoms with van der Waals surface area (Å²) in [5.41, 5.74) is 4.49. The molecule has 7 nitrogen and oxygen atoms in total. The lowest BCUT2D eigenvalue weighted by Crippen LogP contribution is -2.38. The Morgan fingerprint density at radius 1 is 1.16 bits per heavy atom. The number of aryl methyl sites for hydroxylation is 1. The van der Waals surface area contributed by atoms with Gasteiger partial charge in [-0.3, -0.25) is 9.48 Å². The van der Waals surface area contributed by atoms with E-state index in [0.29, 0.717) is 24.5 Å². The quantitative estimate of drug-likeness (QED) is 0.507. The number of methoxy groups -OCH3 is 1. The molecule has 1 aliphatic heterocycles. The van der Waals surface area contributed by atoms with Crippen LogP contribution in [-0.2, 0) is 13.6 Å². The first-order valence-corrected chi connectivity index (χ1v) is 10.1. The number of ether oxygens (including phenoxy) is 1. The second kappa shape index (κ2) is 7.75. The first kappa shape index (κ1) is 19.1. The van der Waals surface area contributed by atoms with Crippen LogP contribution in [0.1, 0.15) is 33.1 Å². The molecule has 1 aliphatic rings. The van der Waals surface area contributed by atoms with Gasteiger partial charge in [0.15, 0.2) is 11.5 Å². The van der Waals surface area contributed by atoms with Crippen LogP contribution in [-0.4, -0.2) is 39.4 Å². The lowest BCUT2D eigenvalue weighted by atomic mass is 9.85. The number of nitrogens with zero attached hydrogens (tertiary/aromatic N) is 4. The van der Waals surface area contributed by atoms with Crippen molar-refractivity contribution in [2.75, 3.05) is 13.7 Å². The lowest BCUT2D eigenvalue weighted by molar-refractivity contribution is 0.0714. The molecule has 0 aliphatic carbocycles. The number of rotatable bonds is 4. The smallest absolute Gasteiger partial charge is 0.276 e. The van der Waals surface area contributed by atoms with Crippen molar-refractivity contribution in [2.45, 2.75) is 12.5 Å². The first-order chi connectivity index (χ1) is 15.1. The van der Waals surface area contributed by atoms with Crippen LogP contribution in [0.15, 0.2) is 71.5 Å². The maximum Gasteiger partial charge on any atom is 0.276 e. The van der Waals surface area contributed by atoms with Gasteiger partial charge in [0.2, 0.25) is 0 Å². The third kappa shape index (κ3) is 3.59. The third-order valence-corrected chi connectivity index (χ3v) is 5.69. The molecule has 4 aromatic rings. The van der Waals surface area contributed by atoms with Crippen LogP contribution >= 0.6 is 0 Å². The molecule has 31 heavy (non-hydrogen) atoms. The van der Waals surface area contributed by atoms with Crippen LogP contribution in [0, 0.1) is 0 Å². The predicted molar refractivity (Wildman–Crippen MR) is 115 cm³/mol. The van der Waals surface area contributed by atoms with Crippen LogP contribution < -0.4 is 4.74 Å². The minimum atomic E-state index is -0.159. The molecule has 0 spiro atoms. The molecule has 0 fully saturated rings. The molecule has 7 heteroatoms. The highest BCUT2D eigenvalue weighted by Gasteiger charge is 2.32. The summed E-state index contributed by atoms with van der Waals surface area (Å²) in [6, 6.07) is 17.4. The van der Waals surface area contributed by atoms with Gasteiger partial charge in [0, 0.05) is 43.9 Å². The Morgan fingerprint density at radius 3 is 2.74 bits per heavy atom. The number of amides is 1. The second-order valence-electron chi connectivity index (χ2n) is 7.69. The number of benzene rings is 2. The maximum absolute atomic E-state index is 13.3. The van der Waals surface area contributed by atoms with Gasteiger partial charge in [0.1, 0.15) is 5.75 Å². The molecule has 3 heterocycles. The van der Waals surface area contributed by atoms with Crippen molar-refractivity contribution in [1.29, 1.82) is 0 Å². The molecule has 0 saturated heterocycles. The minimum Gasteiger partial charge on any atom is -0.497 e. The van der Waals surface area contributed by atoms with E-state index in [1.54, 1.807) is 17.9 Å². The molecule has 5 rings (SSSR count). The van der Waals surface area contributed by atoms with Gasteiger partial charge in [-0.15, -0.1) is 0 Å². The summed E-state index contributed by atoms with van der Waals surface area (Å²) in [5.74, 6) is 1.21. The number of carbonyl (C=O) groups excluding carboxylic acids is 1. The van der Waals surface area contributed by atoms with Gasteiger partial charge in [-0.2, -0.15) is 5.10 Å². The molecule has 2 aromatic carbocycles. The van der Waals surface area contributed by atoms with Gasteiger partial charge in [-0.05, 0) is 28.8 Å². The van der Waals surface area contributed by atoms with E-state index < -0.39 is 0 Å². The largest absolute Gasteiger partial charge is 0.497 e. The molecule has 156 valence electrons. The van der Waals surface area contributed by atoms with Crippen molar-refractivity contribution in [2.24, 2.45) is 7.05 Å². The molecule has 0 saturated carbocycles. The molecule has 2 aromatic heterocycles. The van der Waals surface area contributed by atoms with E-state index in [0.717, 1.165) is 22.4 Å². The van der Waals surface area contributed by atoms with Crippen molar-refractivity contribution in [3.05, 3.63) is 89.4 Å². The minimum absolute atomic E-state index is 0.0211. The fraction of sp³-hybridized carbons (Fsp3) is 0.208. The zero-order valence-electron chi connectivity index (χ0n) is 17.4. The number of aromatic nitrogens is 3. The summed E-state index contributed by atoms with van der Waals surface area (Å²) in [7, 11) is 3.54. The van der Waals surface area contributed by atoms with Gasteiger partial charge in [0.25, 0.3) is 5.91 Å². The molecule has 1 amide bonds. The van der Waals surface area contributed by atoms with Crippen LogP contribution in [0.4, 0.5) is 0 Å². The standard InChI is InChI=1S/C24H22N4O3/c1-27-13-18(12-25-27)21-15-28(14-17-10-19(30-2)8-9-20(17)21)24(29)22-11-23(31-26-22)16-6-4-3-5-7-16/h3-13,21H,14-15H2,1-2H3. The third-order valence-electron chi connectivity index (χ3n) is 5.69. The summed E-state index contributed by atoms with van der Waals surface area (Å²) in [4.78, 5) is 15.2. The highest BCUT2D eigenvalue weighted by molar-refractivity contribution is 5.93. The Balaban J connectivity index is 1.48. The van der Waals surface area contributed by atoms with Gasteiger partial charge in [0.05, 0.1) is 13.3 Å². The van der Waals surface area contributed by atoms with Crippen LogP contribution in [0.2, 0.25) is 0 Å². The van der Waals surface area contributed by atoms with Crippen LogP contribution in [0.3, 0.4) is 0 Å². The van der Waals surface area contributed by atoms with Gasteiger partial charge in [-0.25, -0.2) is 0 Å². The summed E-state index contributed by atoms with van der Waals surface area (Å²) in [5, 5.41) is 8.38. The first-order valence-electron chi connectivity index (χ1n) is 10.1. The predicted octanol–water partition coefficient (Wildman–Crippen LogP) is 3.87. The number of hydrogen-bond donors (Lipinski definition) is 0. The Kier molecular flexibility index (Phi) is 4.78. The fourth-order valence-electron chi connectivity index (χ4n) is 4.11. The Labute approximate surface area is 179 Å². The van der Waals surface area contributed by atoms with E-state index in [-0.39, 0.29) is 11.8 Å². The van der Waals surface area contributed by atoms with Crippen LogP contribution in [0.25, 0.3) is 11.3 Å². The molecular formula is C24H22N4O3. The van der Waals surface area contributed by atoms with E-state index in [1.165, 1.54) is 5.56 Å². The zero-order chi connectivity index (χ0) is 21.4. The monoisotopic (exact) mass is 414 g/mol. The lowest BCUT2D eigenvalue weighted by Gasteiger charge is -2.34. The van der Waals surface area contributed by atoms with Gasteiger partial charge < -0.3 is 14.2 Å². The Bertz CT molecular complexity index is 1230. The van der Waals surface area contributed by atoms with E-state index >= 15 is 0 Å².